The molecular formula is C22H27N3O3. The van der Waals surface area contributed by atoms with Gasteiger partial charge in [-0.3, -0.25) is 9.59 Å². The molecule has 0 bridgehead atoms. The monoisotopic (exact) mass is 381 g/mol. The van der Waals surface area contributed by atoms with E-state index in [1.807, 2.05) is 44.2 Å². The van der Waals surface area contributed by atoms with Crippen LogP contribution in [0.3, 0.4) is 0 Å². The number of hydrogen-bond acceptors (Lipinski definition) is 4. The normalized spacial score (nSPS) is 13.9. The molecule has 0 aliphatic carbocycles. The highest BCUT2D eigenvalue weighted by atomic mass is 16.5. The summed E-state index contributed by atoms with van der Waals surface area (Å²) < 4.78 is 5.66. The first-order valence-electron chi connectivity index (χ1n) is 9.76. The molecule has 3 rings (SSSR count). The van der Waals surface area contributed by atoms with Crippen LogP contribution in [-0.4, -0.2) is 31.0 Å². The van der Waals surface area contributed by atoms with Gasteiger partial charge in [-0.15, -0.1) is 0 Å². The molecule has 1 saturated heterocycles. The van der Waals surface area contributed by atoms with E-state index < -0.39 is 11.8 Å². The van der Waals surface area contributed by atoms with Gasteiger partial charge in [0.1, 0.15) is 5.75 Å². The highest BCUT2D eigenvalue weighted by Crippen LogP contribution is 2.25. The Morgan fingerprint density at radius 3 is 2.21 bits per heavy atom. The minimum absolute atomic E-state index is 0.0368. The molecule has 6 heteroatoms. The molecule has 1 aliphatic rings. The number of para-hydroxylation sites is 2. The number of ether oxygens (including phenoxy) is 1. The Balaban J connectivity index is 1.59. The number of piperidine rings is 1. The van der Waals surface area contributed by atoms with Crippen molar-refractivity contribution in [2.75, 3.05) is 28.6 Å². The third kappa shape index (κ3) is 5.25. The van der Waals surface area contributed by atoms with Crippen molar-refractivity contribution in [2.45, 2.75) is 39.2 Å². The summed E-state index contributed by atoms with van der Waals surface area (Å²) in [7, 11) is 0. The first-order valence-corrected chi connectivity index (χ1v) is 9.76. The van der Waals surface area contributed by atoms with Crippen molar-refractivity contribution in [2.24, 2.45) is 0 Å². The van der Waals surface area contributed by atoms with E-state index in [1.54, 1.807) is 18.2 Å². The molecule has 1 aliphatic heterocycles. The van der Waals surface area contributed by atoms with E-state index in [0.717, 1.165) is 18.8 Å². The number of hydrogen-bond donors (Lipinski definition) is 2. The van der Waals surface area contributed by atoms with Gasteiger partial charge < -0.3 is 20.3 Å². The lowest BCUT2D eigenvalue weighted by molar-refractivity contribution is -0.133. The second-order valence-electron chi connectivity index (χ2n) is 7.17. The van der Waals surface area contributed by atoms with Crippen LogP contribution in [0.15, 0.2) is 48.5 Å². The van der Waals surface area contributed by atoms with Crippen LogP contribution in [0.2, 0.25) is 0 Å². The molecule has 0 radical (unpaired) electrons. The third-order valence-corrected chi connectivity index (χ3v) is 4.55. The lowest BCUT2D eigenvalue weighted by atomic mass is 10.1. The molecule has 1 heterocycles. The standard InChI is InChI=1S/C22H27N3O3/c1-16(2)28-20-9-5-4-8-19(20)24-22(27)21(26)23-17-10-12-18(13-11-17)25-14-6-3-7-15-25/h4-5,8-13,16H,3,6-7,14-15H2,1-2H3,(H,23,26)(H,24,27). The average Bonchev–Trinajstić information content (AvgIpc) is 2.70. The predicted octanol–water partition coefficient (Wildman–Crippen LogP) is 4.04. The Morgan fingerprint density at radius 2 is 1.54 bits per heavy atom. The molecule has 6 nitrogen and oxygen atoms in total. The van der Waals surface area contributed by atoms with Crippen molar-refractivity contribution in [3.05, 3.63) is 48.5 Å². The summed E-state index contributed by atoms with van der Waals surface area (Å²) >= 11 is 0. The maximum Gasteiger partial charge on any atom is 0.314 e. The fraction of sp³-hybridized carbons (Fsp3) is 0.364. The molecular weight excluding hydrogens is 354 g/mol. The van der Waals surface area contributed by atoms with Gasteiger partial charge in [0.2, 0.25) is 0 Å². The number of benzene rings is 2. The largest absolute Gasteiger partial charge is 0.489 e. The van der Waals surface area contributed by atoms with Gasteiger partial charge in [-0.25, -0.2) is 0 Å². The fourth-order valence-corrected chi connectivity index (χ4v) is 3.20. The molecule has 2 amide bonds. The number of anilines is 3. The van der Waals surface area contributed by atoms with Gasteiger partial charge in [0.15, 0.2) is 0 Å². The van der Waals surface area contributed by atoms with Crippen molar-refractivity contribution in [1.82, 2.24) is 0 Å². The number of amides is 2. The number of carbonyl (C=O) groups excluding carboxylic acids is 2. The van der Waals surface area contributed by atoms with Crippen LogP contribution in [-0.2, 0) is 9.59 Å². The summed E-state index contributed by atoms with van der Waals surface area (Å²) in [4.78, 5) is 26.9. The SMILES string of the molecule is CC(C)Oc1ccccc1NC(=O)C(=O)Nc1ccc(N2CCCCC2)cc1. The predicted molar refractivity (Wildman–Crippen MR) is 112 cm³/mol. The van der Waals surface area contributed by atoms with Crippen LogP contribution < -0.4 is 20.3 Å². The quantitative estimate of drug-likeness (QED) is 0.767. The smallest absolute Gasteiger partial charge is 0.314 e. The van der Waals surface area contributed by atoms with Gasteiger partial charge in [0.05, 0.1) is 11.8 Å². The molecule has 0 unspecified atom stereocenters. The van der Waals surface area contributed by atoms with Crippen LogP contribution in [0.25, 0.3) is 0 Å². The first-order chi connectivity index (χ1) is 13.5. The lowest BCUT2D eigenvalue weighted by Gasteiger charge is -2.28. The zero-order valence-electron chi connectivity index (χ0n) is 16.4. The van der Waals surface area contributed by atoms with Crippen molar-refractivity contribution >= 4 is 28.9 Å². The Morgan fingerprint density at radius 1 is 0.893 bits per heavy atom. The highest BCUT2D eigenvalue weighted by Gasteiger charge is 2.17. The van der Waals surface area contributed by atoms with Crippen molar-refractivity contribution < 1.29 is 14.3 Å². The van der Waals surface area contributed by atoms with Crippen LogP contribution in [0, 0.1) is 0 Å². The summed E-state index contributed by atoms with van der Waals surface area (Å²) in [6, 6.07) is 14.7. The van der Waals surface area contributed by atoms with E-state index >= 15 is 0 Å². The Kier molecular flexibility index (Phi) is 6.53. The molecule has 28 heavy (non-hydrogen) atoms. The number of rotatable bonds is 5. The summed E-state index contributed by atoms with van der Waals surface area (Å²) in [6.07, 6.45) is 3.66. The second kappa shape index (κ2) is 9.26. The summed E-state index contributed by atoms with van der Waals surface area (Å²) in [6.45, 7) is 5.93. The number of nitrogens with zero attached hydrogens (tertiary/aromatic N) is 1. The van der Waals surface area contributed by atoms with Crippen molar-refractivity contribution in [3.8, 4) is 5.75 Å². The van der Waals surface area contributed by atoms with Crippen LogP contribution in [0.4, 0.5) is 17.1 Å². The summed E-state index contributed by atoms with van der Waals surface area (Å²) in [5, 5.41) is 5.26. The minimum atomic E-state index is -0.736. The average molecular weight is 381 g/mol. The molecule has 1 fully saturated rings. The summed E-state index contributed by atoms with van der Waals surface area (Å²) in [5.74, 6) is -0.922. The highest BCUT2D eigenvalue weighted by molar-refractivity contribution is 6.43. The van der Waals surface area contributed by atoms with Gasteiger partial charge in [0, 0.05) is 24.5 Å². The van der Waals surface area contributed by atoms with Gasteiger partial charge in [-0.2, -0.15) is 0 Å². The molecule has 0 spiro atoms. The van der Waals surface area contributed by atoms with E-state index in [2.05, 4.69) is 15.5 Å². The van der Waals surface area contributed by atoms with Gasteiger partial charge in [-0.1, -0.05) is 12.1 Å². The van der Waals surface area contributed by atoms with E-state index in [-0.39, 0.29) is 6.10 Å². The Hall–Kier alpha value is -3.02. The molecule has 148 valence electrons. The van der Waals surface area contributed by atoms with E-state index in [4.69, 9.17) is 4.74 Å². The molecule has 2 aromatic carbocycles. The topological polar surface area (TPSA) is 70.7 Å². The van der Waals surface area contributed by atoms with E-state index in [0.29, 0.717) is 17.1 Å². The molecule has 2 aromatic rings. The van der Waals surface area contributed by atoms with Crippen molar-refractivity contribution in [3.63, 3.8) is 0 Å². The fourth-order valence-electron chi connectivity index (χ4n) is 3.20. The molecule has 0 aromatic heterocycles. The first kappa shape index (κ1) is 19.7. The lowest BCUT2D eigenvalue weighted by Crippen LogP contribution is -2.30. The maximum absolute atomic E-state index is 12.3. The molecule has 0 atom stereocenters. The minimum Gasteiger partial charge on any atom is -0.489 e. The summed E-state index contributed by atoms with van der Waals surface area (Å²) in [5.41, 5.74) is 2.20. The third-order valence-electron chi connectivity index (χ3n) is 4.55. The van der Waals surface area contributed by atoms with Crippen LogP contribution >= 0.6 is 0 Å². The zero-order valence-corrected chi connectivity index (χ0v) is 16.4. The second-order valence-corrected chi connectivity index (χ2v) is 7.17. The number of carbonyl (C=O) groups is 2. The van der Waals surface area contributed by atoms with E-state index in [1.165, 1.54) is 19.3 Å². The van der Waals surface area contributed by atoms with Crippen molar-refractivity contribution in [1.29, 1.82) is 0 Å². The van der Waals surface area contributed by atoms with Crippen LogP contribution in [0.5, 0.6) is 5.75 Å². The van der Waals surface area contributed by atoms with Gasteiger partial charge >= 0.3 is 11.8 Å². The molecule has 2 N–H and O–H groups in total. The van der Waals surface area contributed by atoms with Gasteiger partial charge in [-0.05, 0) is 69.5 Å². The Labute approximate surface area is 165 Å². The molecule has 0 saturated carbocycles. The Bertz CT molecular complexity index is 812. The van der Waals surface area contributed by atoms with Crippen LogP contribution in [0.1, 0.15) is 33.1 Å². The number of nitrogens with one attached hydrogen (secondary N) is 2. The van der Waals surface area contributed by atoms with E-state index in [9.17, 15) is 9.59 Å². The van der Waals surface area contributed by atoms with Gasteiger partial charge in [0.25, 0.3) is 0 Å². The maximum atomic E-state index is 12.3. The zero-order chi connectivity index (χ0) is 19.9.